The highest BCUT2D eigenvalue weighted by molar-refractivity contribution is 5.58. The lowest BCUT2D eigenvalue weighted by Crippen LogP contribution is -2.18. The van der Waals surface area contributed by atoms with Crippen LogP contribution in [0.4, 0.5) is 18.9 Å². The molecule has 1 heterocycles. The fourth-order valence-electron chi connectivity index (χ4n) is 2.92. The highest BCUT2D eigenvalue weighted by Crippen LogP contribution is 2.39. The Hall–Kier alpha value is -1.97. The lowest BCUT2D eigenvalue weighted by Gasteiger charge is -2.28. The Balaban J connectivity index is 2.05. The number of nitrogens with one attached hydrogen (secondary N) is 1. The van der Waals surface area contributed by atoms with Gasteiger partial charge in [0, 0.05) is 18.2 Å². The number of aryl methyl sites for hydroxylation is 1. The molecule has 1 N–H and O–H groups in total. The molecule has 0 fully saturated rings. The zero-order valence-corrected chi connectivity index (χ0v) is 11.7. The van der Waals surface area contributed by atoms with Crippen molar-refractivity contribution in [3.05, 3.63) is 64.7 Å². The molecule has 1 nitrogen and oxygen atoms in total. The fourth-order valence-corrected chi connectivity index (χ4v) is 2.92. The van der Waals surface area contributed by atoms with Crippen LogP contribution in [0.15, 0.2) is 42.5 Å². The van der Waals surface area contributed by atoms with Crippen LogP contribution in [0.1, 0.15) is 34.6 Å². The molecule has 0 bridgehead atoms. The van der Waals surface area contributed by atoms with E-state index < -0.39 is 11.7 Å². The molecule has 2 aromatic rings. The van der Waals surface area contributed by atoms with Gasteiger partial charge in [0.05, 0.1) is 5.56 Å². The summed E-state index contributed by atoms with van der Waals surface area (Å²) in [6.07, 6.45) is -3.49. The third kappa shape index (κ3) is 2.75. The molecule has 0 aliphatic carbocycles. The van der Waals surface area contributed by atoms with Crippen LogP contribution in [0.3, 0.4) is 0 Å². The number of rotatable bonds is 1. The summed E-state index contributed by atoms with van der Waals surface area (Å²) in [5.74, 6) is 0.0171. The van der Waals surface area contributed by atoms with Crippen LogP contribution in [0.25, 0.3) is 0 Å². The molecule has 1 aliphatic heterocycles. The topological polar surface area (TPSA) is 12.0 Å². The number of hydrogen-bond acceptors (Lipinski definition) is 1. The van der Waals surface area contributed by atoms with Gasteiger partial charge in [0.25, 0.3) is 0 Å². The van der Waals surface area contributed by atoms with E-state index in [-0.39, 0.29) is 5.92 Å². The van der Waals surface area contributed by atoms with E-state index >= 15 is 0 Å². The van der Waals surface area contributed by atoms with Crippen molar-refractivity contribution < 1.29 is 13.2 Å². The summed E-state index contributed by atoms with van der Waals surface area (Å²) in [5, 5.41) is 3.31. The minimum absolute atomic E-state index is 0.0171. The van der Waals surface area contributed by atoms with Gasteiger partial charge < -0.3 is 5.32 Å². The number of benzene rings is 2. The number of anilines is 1. The van der Waals surface area contributed by atoms with E-state index in [1.165, 1.54) is 12.1 Å². The molecule has 0 spiro atoms. The number of fused-ring (bicyclic) bond motifs is 1. The van der Waals surface area contributed by atoms with Crippen molar-refractivity contribution in [2.45, 2.75) is 25.4 Å². The quantitative estimate of drug-likeness (QED) is 0.783. The molecular formula is C17H16F3N. The molecule has 0 saturated carbocycles. The van der Waals surface area contributed by atoms with Gasteiger partial charge in [0.15, 0.2) is 0 Å². The van der Waals surface area contributed by atoms with Crippen LogP contribution in [-0.4, -0.2) is 6.54 Å². The first kappa shape index (κ1) is 14.0. The second-order valence-corrected chi connectivity index (χ2v) is 5.48. The molecule has 1 atom stereocenters. The fraction of sp³-hybridized carbons (Fsp3) is 0.294. The largest absolute Gasteiger partial charge is 0.416 e. The van der Waals surface area contributed by atoms with Crippen molar-refractivity contribution in [3.63, 3.8) is 0 Å². The summed E-state index contributed by atoms with van der Waals surface area (Å²) in [5.41, 5.74) is 3.38. The van der Waals surface area contributed by atoms with Crippen LogP contribution in [0.2, 0.25) is 0 Å². The Bertz CT molecular complexity index is 661. The van der Waals surface area contributed by atoms with Crippen molar-refractivity contribution in [1.82, 2.24) is 0 Å². The van der Waals surface area contributed by atoms with Gasteiger partial charge in [-0.15, -0.1) is 0 Å². The van der Waals surface area contributed by atoms with Crippen LogP contribution in [0, 0.1) is 6.92 Å². The van der Waals surface area contributed by atoms with Crippen LogP contribution in [0.5, 0.6) is 0 Å². The SMILES string of the molecule is Cc1ccc2c(c1)C(c1cccc(C(F)(F)F)c1)CCN2. The molecular weight excluding hydrogens is 275 g/mol. The van der Waals surface area contributed by atoms with Gasteiger partial charge >= 0.3 is 6.18 Å². The number of halogens is 3. The van der Waals surface area contributed by atoms with E-state index in [1.807, 2.05) is 19.1 Å². The first-order valence-electron chi connectivity index (χ1n) is 6.97. The third-order valence-electron chi connectivity index (χ3n) is 3.95. The molecule has 0 saturated heterocycles. The predicted molar refractivity (Wildman–Crippen MR) is 77.6 cm³/mol. The molecule has 0 radical (unpaired) electrons. The summed E-state index contributed by atoms with van der Waals surface area (Å²) in [6.45, 7) is 2.77. The second kappa shape index (κ2) is 5.10. The van der Waals surface area contributed by atoms with Crippen molar-refractivity contribution in [3.8, 4) is 0 Å². The zero-order valence-electron chi connectivity index (χ0n) is 11.7. The van der Waals surface area contributed by atoms with Gasteiger partial charge in [0.2, 0.25) is 0 Å². The van der Waals surface area contributed by atoms with Gasteiger partial charge in [-0.25, -0.2) is 0 Å². The Kier molecular flexibility index (Phi) is 3.40. The third-order valence-corrected chi connectivity index (χ3v) is 3.95. The molecule has 1 unspecified atom stereocenters. The van der Waals surface area contributed by atoms with E-state index in [1.54, 1.807) is 6.07 Å². The van der Waals surface area contributed by atoms with E-state index in [0.29, 0.717) is 0 Å². The summed E-state index contributed by atoms with van der Waals surface area (Å²) in [4.78, 5) is 0. The van der Waals surface area contributed by atoms with E-state index in [4.69, 9.17) is 0 Å². The van der Waals surface area contributed by atoms with Crippen LogP contribution >= 0.6 is 0 Å². The van der Waals surface area contributed by atoms with Crippen LogP contribution in [-0.2, 0) is 6.18 Å². The lowest BCUT2D eigenvalue weighted by molar-refractivity contribution is -0.137. The Morgan fingerprint density at radius 3 is 2.67 bits per heavy atom. The maximum atomic E-state index is 12.9. The number of alkyl halides is 3. The summed E-state index contributed by atoms with van der Waals surface area (Å²) in [7, 11) is 0. The minimum atomic E-state index is -4.29. The zero-order chi connectivity index (χ0) is 15.0. The smallest absolute Gasteiger partial charge is 0.385 e. The summed E-state index contributed by atoms with van der Waals surface area (Å²) < 4.78 is 38.6. The molecule has 21 heavy (non-hydrogen) atoms. The first-order valence-corrected chi connectivity index (χ1v) is 6.97. The molecule has 1 aliphatic rings. The summed E-state index contributed by atoms with van der Waals surface area (Å²) in [6, 6.07) is 11.8. The van der Waals surface area contributed by atoms with Gasteiger partial charge in [-0.05, 0) is 36.6 Å². The minimum Gasteiger partial charge on any atom is -0.385 e. The van der Waals surface area contributed by atoms with E-state index in [9.17, 15) is 13.2 Å². The Morgan fingerprint density at radius 2 is 1.90 bits per heavy atom. The standard InChI is InChI=1S/C17H16F3N/c1-11-5-6-16-15(9-11)14(7-8-21-16)12-3-2-4-13(10-12)17(18,19)20/h2-6,9-10,14,21H,7-8H2,1H3. The molecule has 0 aromatic heterocycles. The molecule has 2 aromatic carbocycles. The average Bonchev–Trinajstić information content (AvgIpc) is 2.46. The molecule has 3 rings (SSSR count). The van der Waals surface area contributed by atoms with Crippen molar-refractivity contribution in [1.29, 1.82) is 0 Å². The van der Waals surface area contributed by atoms with Gasteiger partial charge in [-0.1, -0.05) is 35.9 Å². The maximum Gasteiger partial charge on any atom is 0.416 e. The first-order chi connectivity index (χ1) is 9.95. The summed E-state index contributed by atoms with van der Waals surface area (Å²) >= 11 is 0. The molecule has 4 heteroatoms. The van der Waals surface area contributed by atoms with Gasteiger partial charge in [-0.2, -0.15) is 13.2 Å². The van der Waals surface area contributed by atoms with Crippen molar-refractivity contribution in [2.24, 2.45) is 0 Å². The highest BCUT2D eigenvalue weighted by atomic mass is 19.4. The second-order valence-electron chi connectivity index (χ2n) is 5.48. The molecule has 0 amide bonds. The van der Waals surface area contributed by atoms with E-state index in [0.717, 1.165) is 41.4 Å². The van der Waals surface area contributed by atoms with Crippen molar-refractivity contribution >= 4 is 5.69 Å². The lowest BCUT2D eigenvalue weighted by atomic mass is 9.84. The normalized spacial score (nSPS) is 18.0. The molecule has 110 valence electrons. The monoisotopic (exact) mass is 291 g/mol. The Morgan fingerprint density at radius 1 is 1.10 bits per heavy atom. The highest BCUT2D eigenvalue weighted by Gasteiger charge is 2.31. The number of hydrogen-bond donors (Lipinski definition) is 1. The maximum absolute atomic E-state index is 12.9. The van der Waals surface area contributed by atoms with Gasteiger partial charge in [-0.3, -0.25) is 0 Å². The van der Waals surface area contributed by atoms with Crippen LogP contribution < -0.4 is 5.32 Å². The van der Waals surface area contributed by atoms with E-state index in [2.05, 4.69) is 11.4 Å². The Labute approximate surface area is 121 Å². The predicted octanol–water partition coefficient (Wildman–Crippen LogP) is 4.96. The van der Waals surface area contributed by atoms with Gasteiger partial charge in [0.1, 0.15) is 0 Å². The van der Waals surface area contributed by atoms with Crippen molar-refractivity contribution in [2.75, 3.05) is 11.9 Å². The average molecular weight is 291 g/mol.